The van der Waals surface area contributed by atoms with Crippen LogP contribution in [0.1, 0.15) is 30.1 Å². The third kappa shape index (κ3) is 3.92. The lowest BCUT2D eigenvalue weighted by molar-refractivity contribution is 0.0980. The lowest BCUT2D eigenvalue weighted by Crippen LogP contribution is -2.10. The van der Waals surface area contributed by atoms with Gasteiger partial charge in [0.15, 0.2) is 15.6 Å². The minimum atomic E-state index is -3.18. The largest absolute Gasteiger partial charge is 0.320 e. The summed E-state index contributed by atoms with van der Waals surface area (Å²) in [4.78, 5) is 12.0. The van der Waals surface area contributed by atoms with Gasteiger partial charge in [0.05, 0.1) is 10.6 Å². The van der Waals surface area contributed by atoms with Crippen LogP contribution in [0.5, 0.6) is 0 Å². The number of Topliss-reactive ketones (excluding diaryl/α,β-unsaturated/α-hetero) is 1. The Balaban J connectivity index is 2.74. The van der Waals surface area contributed by atoms with Crippen molar-refractivity contribution in [3.05, 3.63) is 29.8 Å². The summed E-state index contributed by atoms with van der Waals surface area (Å²) in [5, 5.41) is 2.98. The fourth-order valence-electron chi connectivity index (χ4n) is 1.58. The Labute approximate surface area is 108 Å². The second kappa shape index (κ2) is 6.66. The van der Waals surface area contributed by atoms with Gasteiger partial charge in [0.1, 0.15) is 0 Å². The van der Waals surface area contributed by atoms with Crippen molar-refractivity contribution < 1.29 is 13.2 Å². The molecular formula is C13H19NO3S. The van der Waals surface area contributed by atoms with Crippen molar-refractivity contribution in [1.82, 2.24) is 5.32 Å². The first kappa shape index (κ1) is 14.9. The average molecular weight is 269 g/mol. The van der Waals surface area contributed by atoms with Gasteiger partial charge in [0.25, 0.3) is 0 Å². The summed E-state index contributed by atoms with van der Waals surface area (Å²) >= 11 is 0. The molecule has 0 unspecified atom stereocenters. The van der Waals surface area contributed by atoms with E-state index in [1.807, 2.05) is 7.05 Å². The molecule has 18 heavy (non-hydrogen) atoms. The molecular weight excluding hydrogens is 250 g/mol. The molecule has 0 aliphatic carbocycles. The monoisotopic (exact) mass is 269 g/mol. The maximum atomic E-state index is 11.8. The maximum absolute atomic E-state index is 11.8. The van der Waals surface area contributed by atoms with Crippen LogP contribution < -0.4 is 5.32 Å². The van der Waals surface area contributed by atoms with Gasteiger partial charge in [-0.15, -0.1) is 0 Å². The summed E-state index contributed by atoms with van der Waals surface area (Å²) in [5.74, 6) is 0.119. The highest BCUT2D eigenvalue weighted by Crippen LogP contribution is 2.13. The number of hydrogen-bond acceptors (Lipinski definition) is 4. The van der Waals surface area contributed by atoms with E-state index in [4.69, 9.17) is 0 Å². The van der Waals surface area contributed by atoms with Gasteiger partial charge in [-0.05, 0) is 32.1 Å². The van der Waals surface area contributed by atoms with E-state index in [0.29, 0.717) is 12.0 Å². The Morgan fingerprint density at radius 2 is 1.83 bits per heavy atom. The highest BCUT2D eigenvalue weighted by atomic mass is 32.2. The molecule has 0 heterocycles. The topological polar surface area (TPSA) is 63.2 Å². The summed E-state index contributed by atoms with van der Waals surface area (Å²) in [5.41, 5.74) is 0.571. The van der Waals surface area contributed by atoms with Crippen molar-refractivity contribution in [2.75, 3.05) is 19.3 Å². The number of sulfone groups is 1. The molecule has 1 N–H and O–H groups in total. The summed E-state index contributed by atoms with van der Waals surface area (Å²) in [6.07, 6.45) is 1.26. The molecule has 0 aromatic heterocycles. The van der Waals surface area contributed by atoms with E-state index in [0.717, 1.165) is 13.0 Å². The molecule has 0 saturated carbocycles. The highest BCUT2D eigenvalue weighted by Gasteiger charge is 2.12. The van der Waals surface area contributed by atoms with Crippen LogP contribution in [0, 0.1) is 0 Å². The molecule has 0 spiro atoms. The van der Waals surface area contributed by atoms with Crippen molar-refractivity contribution >= 4 is 15.6 Å². The number of benzene rings is 1. The number of hydrogen-bond donors (Lipinski definition) is 1. The summed E-state index contributed by atoms with van der Waals surface area (Å²) in [6, 6.07) is 6.18. The normalized spacial score (nSPS) is 11.4. The quantitative estimate of drug-likeness (QED) is 0.604. The van der Waals surface area contributed by atoms with Crippen LogP contribution in [-0.4, -0.2) is 33.5 Å². The van der Waals surface area contributed by atoms with Crippen molar-refractivity contribution in [2.45, 2.75) is 24.7 Å². The zero-order valence-electron chi connectivity index (χ0n) is 10.8. The zero-order valence-corrected chi connectivity index (χ0v) is 11.6. The third-order valence-electron chi connectivity index (χ3n) is 2.75. The van der Waals surface area contributed by atoms with Gasteiger partial charge in [0.2, 0.25) is 0 Å². The van der Waals surface area contributed by atoms with Gasteiger partial charge >= 0.3 is 0 Å². The molecule has 100 valence electrons. The van der Waals surface area contributed by atoms with E-state index in [1.165, 1.54) is 12.1 Å². The first-order valence-corrected chi connectivity index (χ1v) is 7.67. The van der Waals surface area contributed by atoms with Crippen molar-refractivity contribution in [1.29, 1.82) is 0 Å². The molecule has 0 aliphatic rings. The van der Waals surface area contributed by atoms with Crippen LogP contribution >= 0.6 is 0 Å². The maximum Gasteiger partial charge on any atom is 0.178 e. The summed E-state index contributed by atoms with van der Waals surface area (Å²) in [6.45, 7) is 2.40. The van der Waals surface area contributed by atoms with E-state index in [9.17, 15) is 13.2 Å². The molecule has 5 heteroatoms. The molecule has 1 rings (SSSR count). The smallest absolute Gasteiger partial charge is 0.178 e. The summed E-state index contributed by atoms with van der Waals surface area (Å²) in [7, 11) is -1.34. The molecule has 0 radical (unpaired) electrons. The van der Waals surface area contributed by atoms with Gasteiger partial charge < -0.3 is 5.32 Å². The van der Waals surface area contributed by atoms with Crippen LogP contribution in [0.3, 0.4) is 0 Å². The third-order valence-corrected chi connectivity index (χ3v) is 4.50. The Morgan fingerprint density at radius 1 is 1.22 bits per heavy atom. The minimum absolute atomic E-state index is 0.0469. The van der Waals surface area contributed by atoms with Gasteiger partial charge in [-0.1, -0.05) is 19.1 Å². The number of carbonyl (C=O) groups is 1. The van der Waals surface area contributed by atoms with Crippen LogP contribution in [0.2, 0.25) is 0 Å². The molecule has 1 aromatic carbocycles. The fourth-order valence-corrected chi connectivity index (χ4v) is 2.47. The summed E-state index contributed by atoms with van der Waals surface area (Å²) < 4.78 is 23.2. The first-order valence-electron chi connectivity index (χ1n) is 6.02. The zero-order chi connectivity index (χ0) is 13.6. The Hall–Kier alpha value is -1.20. The fraction of sp³-hybridized carbons (Fsp3) is 0.462. The molecule has 0 aliphatic heterocycles. The second-order valence-electron chi connectivity index (χ2n) is 4.06. The SMILES string of the molecule is CCS(=O)(=O)c1ccc(C(=O)CCCNC)cc1. The Morgan fingerprint density at radius 3 is 2.33 bits per heavy atom. The van der Waals surface area contributed by atoms with Crippen molar-refractivity contribution in [3.8, 4) is 0 Å². The van der Waals surface area contributed by atoms with Crippen LogP contribution in [0.15, 0.2) is 29.2 Å². The lowest BCUT2D eigenvalue weighted by Gasteiger charge is -2.04. The number of ketones is 1. The van der Waals surface area contributed by atoms with Gasteiger partial charge in [-0.3, -0.25) is 4.79 Å². The Kier molecular flexibility index (Phi) is 5.50. The first-order chi connectivity index (χ1) is 8.51. The van der Waals surface area contributed by atoms with E-state index >= 15 is 0 Å². The van der Waals surface area contributed by atoms with Crippen molar-refractivity contribution in [3.63, 3.8) is 0 Å². The van der Waals surface area contributed by atoms with Crippen molar-refractivity contribution in [2.24, 2.45) is 0 Å². The molecule has 4 nitrogen and oxygen atoms in total. The van der Waals surface area contributed by atoms with Gasteiger partial charge in [-0.2, -0.15) is 0 Å². The van der Waals surface area contributed by atoms with E-state index in [-0.39, 0.29) is 16.4 Å². The highest BCUT2D eigenvalue weighted by molar-refractivity contribution is 7.91. The van der Waals surface area contributed by atoms with Crippen LogP contribution in [0.25, 0.3) is 0 Å². The molecule has 1 aromatic rings. The molecule has 0 fully saturated rings. The standard InChI is InChI=1S/C13H19NO3S/c1-3-18(16,17)12-8-6-11(7-9-12)13(15)5-4-10-14-2/h6-9,14H,3-5,10H2,1-2H3. The number of rotatable bonds is 7. The second-order valence-corrected chi connectivity index (χ2v) is 6.34. The van der Waals surface area contributed by atoms with E-state index < -0.39 is 9.84 Å². The number of carbonyl (C=O) groups excluding carboxylic acids is 1. The van der Waals surface area contributed by atoms with Crippen LogP contribution in [-0.2, 0) is 9.84 Å². The Bertz CT molecular complexity index is 491. The molecule has 0 atom stereocenters. The van der Waals surface area contributed by atoms with E-state index in [2.05, 4.69) is 5.32 Å². The number of nitrogens with one attached hydrogen (secondary N) is 1. The minimum Gasteiger partial charge on any atom is -0.320 e. The molecule has 0 bridgehead atoms. The van der Waals surface area contributed by atoms with Crippen LogP contribution in [0.4, 0.5) is 0 Å². The predicted octanol–water partition coefficient (Wildman–Crippen LogP) is 1.66. The lowest BCUT2D eigenvalue weighted by atomic mass is 10.1. The average Bonchev–Trinajstić information content (AvgIpc) is 2.39. The molecule has 0 saturated heterocycles. The van der Waals surface area contributed by atoms with Gasteiger partial charge in [0, 0.05) is 12.0 Å². The van der Waals surface area contributed by atoms with Gasteiger partial charge in [-0.25, -0.2) is 8.42 Å². The van der Waals surface area contributed by atoms with E-state index in [1.54, 1.807) is 19.1 Å². The molecule has 0 amide bonds. The predicted molar refractivity (Wildman–Crippen MR) is 71.7 cm³/mol.